The molecule has 10 nitrogen and oxygen atoms in total. The van der Waals surface area contributed by atoms with Crippen molar-refractivity contribution in [2.75, 3.05) is 4.90 Å². The highest BCUT2D eigenvalue weighted by Gasteiger charge is 2.65. The van der Waals surface area contributed by atoms with Gasteiger partial charge in [-0.3, -0.25) is 29.3 Å². The Morgan fingerprint density at radius 1 is 0.947 bits per heavy atom. The molecular weight excluding hydrogens is 495 g/mol. The lowest BCUT2D eigenvalue weighted by Gasteiger charge is -2.32. The molecule has 0 aromatic heterocycles. The van der Waals surface area contributed by atoms with Crippen molar-refractivity contribution in [1.82, 2.24) is 4.90 Å². The third-order valence-corrected chi connectivity index (χ3v) is 7.01. The molecule has 2 heterocycles. The Kier molecular flexibility index (Phi) is 5.98. The Morgan fingerprint density at radius 2 is 1.58 bits per heavy atom. The number of hydrogen-bond donors (Lipinski definition) is 1. The summed E-state index contributed by atoms with van der Waals surface area (Å²) in [6.07, 6.45) is 0. The molecule has 2 aliphatic rings. The fourth-order valence-corrected chi connectivity index (χ4v) is 5.34. The van der Waals surface area contributed by atoms with E-state index in [4.69, 9.17) is 5.73 Å². The van der Waals surface area contributed by atoms with E-state index in [-0.39, 0.29) is 16.9 Å². The van der Waals surface area contributed by atoms with Crippen LogP contribution in [-0.4, -0.2) is 39.5 Å². The van der Waals surface area contributed by atoms with Crippen LogP contribution in [0.25, 0.3) is 0 Å². The van der Waals surface area contributed by atoms with Crippen LogP contribution in [0.3, 0.4) is 0 Å². The molecule has 0 radical (unpaired) electrons. The van der Waals surface area contributed by atoms with E-state index < -0.39 is 58.3 Å². The largest absolute Gasteiger partial charge is 0.368 e. The average molecular weight is 516 g/mol. The number of primary amides is 1. The Labute approximate surface area is 215 Å². The van der Waals surface area contributed by atoms with Gasteiger partial charge in [0.1, 0.15) is 11.9 Å². The number of likely N-dealkylation sites (tertiary alicyclic amines) is 1. The van der Waals surface area contributed by atoms with E-state index in [2.05, 4.69) is 0 Å². The molecule has 2 fully saturated rings. The highest BCUT2D eigenvalue weighted by atomic mass is 19.1. The van der Waals surface area contributed by atoms with Crippen molar-refractivity contribution in [2.24, 2.45) is 17.6 Å². The molecule has 5 rings (SSSR count). The number of carbonyl (C=O) groups excluding carboxylic acids is 4. The fourth-order valence-electron chi connectivity index (χ4n) is 5.34. The maximum absolute atomic E-state index is 13.8. The standard InChI is InChI=1S/C27H21FN4O6/c1-14-5-7-15(8-6-14)22-20-21(23(24(29)33)31(22)25(34)16-9-11-17(28)12-10-16)27(36)30(26(20)35)18-3-2-4-19(13-18)32(37)38/h2-13,20-23H,1H3,(H2,29,33). The zero-order chi connectivity index (χ0) is 27.3. The van der Waals surface area contributed by atoms with E-state index in [1.807, 2.05) is 6.92 Å². The zero-order valence-electron chi connectivity index (χ0n) is 20.0. The first-order chi connectivity index (χ1) is 18.1. The number of amides is 4. The number of halogens is 1. The number of imide groups is 1. The van der Waals surface area contributed by atoms with Crippen molar-refractivity contribution >= 4 is 35.0 Å². The summed E-state index contributed by atoms with van der Waals surface area (Å²) in [6.45, 7) is 1.85. The van der Waals surface area contributed by atoms with E-state index in [0.717, 1.165) is 33.6 Å². The lowest BCUT2D eigenvalue weighted by molar-refractivity contribution is -0.384. The predicted octanol–water partition coefficient (Wildman–Crippen LogP) is 2.90. The first kappa shape index (κ1) is 24.8. The highest BCUT2D eigenvalue weighted by Crippen LogP contribution is 2.51. The van der Waals surface area contributed by atoms with Gasteiger partial charge >= 0.3 is 0 Å². The van der Waals surface area contributed by atoms with Gasteiger partial charge in [0.25, 0.3) is 11.6 Å². The van der Waals surface area contributed by atoms with Crippen molar-refractivity contribution in [1.29, 1.82) is 0 Å². The third-order valence-electron chi connectivity index (χ3n) is 7.01. The molecule has 2 saturated heterocycles. The number of fused-ring (bicyclic) bond motifs is 1. The first-order valence-electron chi connectivity index (χ1n) is 11.7. The number of anilines is 1. The quantitative estimate of drug-likeness (QED) is 0.314. The summed E-state index contributed by atoms with van der Waals surface area (Å²) < 4.78 is 13.5. The number of non-ortho nitro benzene ring substituents is 1. The fraction of sp³-hybridized carbons (Fsp3) is 0.185. The average Bonchev–Trinajstić information content (AvgIpc) is 3.37. The first-order valence-corrected chi connectivity index (χ1v) is 11.7. The number of nitro benzene ring substituents is 1. The minimum absolute atomic E-state index is 0.0223. The molecule has 192 valence electrons. The third kappa shape index (κ3) is 3.88. The number of nitrogens with two attached hydrogens (primary N) is 1. The van der Waals surface area contributed by atoms with Crippen molar-refractivity contribution in [3.05, 3.63) is 105 Å². The smallest absolute Gasteiger partial charge is 0.271 e. The summed E-state index contributed by atoms with van der Waals surface area (Å²) in [6, 6.07) is 14.1. The molecule has 4 unspecified atom stereocenters. The van der Waals surface area contributed by atoms with Crippen LogP contribution >= 0.6 is 0 Å². The number of hydrogen-bond acceptors (Lipinski definition) is 6. The molecule has 2 aliphatic heterocycles. The Morgan fingerprint density at radius 3 is 2.18 bits per heavy atom. The molecule has 0 spiro atoms. The van der Waals surface area contributed by atoms with Gasteiger partial charge in [-0.15, -0.1) is 0 Å². The van der Waals surface area contributed by atoms with Crippen molar-refractivity contribution in [2.45, 2.75) is 19.0 Å². The Hall–Kier alpha value is -4.93. The van der Waals surface area contributed by atoms with Gasteiger partial charge in [0.05, 0.1) is 28.5 Å². The van der Waals surface area contributed by atoms with Gasteiger partial charge in [-0.25, -0.2) is 9.29 Å². The lowest BCUT2D eigenvalue weighted by atomic mass is 9.86. The van der Waals surface area contributed by atoms with Gasteiger partial charge in [-0.1, -0.05) is 35.9 Å². The van der Waals surface area contributed by atoms with Gasteiger partial charge in [0, 0.05) is 17.7 Å². The zero-order valence-corrected chi connectivity index (χ0v) is 20.0. The van der Waals surface area contributed by atoms with E-state index in [1.54, 1.807) is 24.3 Å². The van der Waals surface area contributed by atoms with Crippen LogP contribution < -0.4 is 10.6 Å². The summed E-state index contributed by atoms with van der Waals surface area (Å²) in [7, 11) is 0. The van der Waals surface area contributed by atoms with Crippen LogP contribution in [0, 0.1) is 34.7 Å². The van der Waals surface area contributed by atoms with Gasteiger partial charge < -0.3 is 10.6 Å². The highest BCUT2D eigenvalue weighted by molar-refractivity contribution is 6.24. The summed E-state index contributed by atoms with van der Waals surface area (Å²) in [5.41, 5.74) is 6.83. The summed E-state index contributed by atoms with van der Waals surface area (Å²) >= 11 is 0. The van der Waals surface area contributed by atoms with E-state index >= 15 is 0 Å². The molecule has 38 heavy (non-hydrogen) atoms. The monoisotopic (exact) mass is 516 g/mol. The molecule has 0 bridgehead atoms. The number of benzene rings is 3. The van der Waals surface area contributed by atoms with Gasteiger partial charge in [0.2, 0.25) is 17.7 Å². The number of aryl methyl sites for hydroxylation is 1. The second kappa shape index (κ2) is 9.18. The Balaban J connectivity index is 1.66. The maximum Gasteiger partial charge on any atom is 0.271 e. The van der Waals surface area contributed by atoms with Gasteiger partial charge in [0.15, 0.2) is 0 Å². The number of carbonyl (C=O) groups is 4. The van der Waals surface area contributed by atoms with Gasteiger partial charge in [-0.05, 0) is 42.8 Å². The minimum Gasteiger partial charge on any atom is -0.368 e. The normalized spacial score (nSPS) is 22.5. The topological polar surface area (TPSA) is 144 Å². The van der Waals surface area contributed by atoms with Crippen LogP contribution in [0.1, 0.15) is 27.5 Å². The minimum atomic E-state index is -1.50. The van der Waals surface area contributed by atoms with E-state index in [0.29, 0.717) is 5.56 Å². The van der Waals surface area contributed by atoms with E-state index in [1.165, 1.54) is 30.3 Å². The molecule has 0 saturated carbocycles. The van der Waals surface area contributed by atoms with Crippen LogP contribution in [0.4, 0.5) is 15.8 Å². The molecule has 2 N–H and O–H groups in total. The lowest BCUT2D eigenvalue weighted by Crippen LogP contribution is -2.50. The SMILES string of the molecule is Cc1ccc(C2C3C(=O)N(c4cccc([N+](=O)[O-])c4)C(=O)C3C(C(N)=O)N2C(=O)c2ccc(F)cc2)cc1. The van der Waals surface area contributed by atoms with Crippen molar-refractivity contribution < 1.29 is 28.5 Å². The molecule has 4 atom stereocenters. The molecule has 0 aliphatic carbocycles. The number of nitrogens with zero attached hydrogens (tertiary/aromatic N) is 3. The molecule has 11 heteroatoms. The van der Waals surface area contributed by atoms with Gasteiger partial charge in [-0.2, -0.15) is 0 Å². The molecule has 3 aromatic carbocycles. The summed E-state index contributed by atoms with van der Waals surface area (Å²) in [5, 5.41) is 11.3. The van der Waals surface area contributed by atoms with Crippen molar-refractivity contribution in [3.8, 4) is 0 Å². The molecule has 4 amide bonds. The van der Waals surface area contributed by atoms with E-state index in [9.17, 15) is 33.7 Å². The number of rotatable bonds is 5. The number of nitro groups is 1. The van der Waals surface area contributed by atoms with Crippen LogP contribution in [0.15, 0.2) is 72.8 Å². The van der Waals surface area contributed by atoms with Crippen LogP contribution in [0.5, 0.6) is 0 Å². The summed E-state index contributed by atoms with van der Waals surface area (Å²) in [5.74, 6) is -6.29. The second-order valence-electron chi connectivity index (χ2n) is 9.26. The van der Waals surface area contributed by atoms with Crippen LogP contribution in [-0.2, 0) is 14.4 Å². The molecular formula is C27H21FN4O6. The predicted molar refractivity (Wildman–Crippen MR) is 132 cm³/mol. The second-order valence-corrected chi connectivity index (χ2v) is 9.26. The van der Waals surface area contributed by atoms with Crippen molar-refractivity contribution in [3.63, 3.8) is 0 Å². The molecule has 3 aromatic rings. The van der Waals surface area contributed by atoms with Crippen LogP contribution in [0.2, 0.25) is 0 Å². The Bertz CT molecular complexity index is 1490. The summed E-state index contributed by atoms with van der Waals surface area (Å²) in [4.78, 5) is 66.7. The maximum atomic E-state index is 13.8.